The molecule has 0 aliphatic carbocycles. The third kappa shape index (κ3) is 2.39. The molecule has 0 amide bonds. The van der Waals surface area contributed by atoms with Gasteiger partial charge in [0.1, 0.15) is 23.2 Å². The average molecular weight is 282 g/mol. The number of nitrogens with two attached hydrogens (primary N) is 1. The molecule has 2 aromatic rings. The topological polar surface area (TPSA) is 79.1 Å². The molecule has 0 spiro atoms. The number of furan rings is 1. The van der Waals surface area contributed by atoms with E-state index in [2.05, 4.69) is 22.9 Å². The molecular weight excluding hydrogens is 264 g/mol. The van der Waals surface area contributed by atoms with Crippen molar-refractivity contribution >= 4 is 5.82 Å². The molecule has 3 rings (SSSR count). The average Bonchev–Trinajstić information content (AvgIpc) is 3.00. The first-order valence-corrected chi connectivity index (χ1v) is 7.22. The number of anilines is 1. The fourth-order valence-electron chi connectivity index (χ4n) is 2.95. The van der Waals surface area contributed by atoms with Gasteiger partial charge in [0.15, 0.2) is 0 Å². The molecule has 21 heavy (non-hydrogen) atoms. The molecule has 0 saturated carbocycles. The highest BCUT2D eigenvalue weighted by Crippen LogP contribution is 2.35. The largest absolute Gasteiger partial charge is 0.464 e. The second-order valence-electron chi connectivity index (χ2n) is 5.29. The lowest BCUT2D eigenvalue weighted by molar-refractivity contribution is 0.253. The maximum atomic E-state index is 9.44. The van der Waals surface area contributed by atoms with Gasteiger partial charge in [-0.05, 0) is 25.1 Å². The van der Waals surface area contributed by atoms with Crippen LogP contribution in [0.4, 0.5) is 5.82 Å². The summed E-state index contributed by atoms with van der Waals surface area (Å²) in [6.45, 7) is 4.99. The minimum Gasteiger partial charge on any atom is -0.464 e. The maximum absolute atomic E-state index is 9.44. The van der Waals surface area contributed by atoms with Crippen molar-refractivity contribution in [2.75, 3.05) is 18.8 Å². The molecule has 0 radical (unpaired) electrons. The summed E-state index contributed by atoms with van der Waals surface area (Å²) in [6, 6.07) is 5.88. The lowest BCUT2D eigenvalue weighted by Crippen LogP contribution is -2.32. The van der Waals surface area contributed by atoms with E-state index in [1.54, 1.807) is 6.26 Å². The highest BCUT2D eigenvalue weighted by atomic mass is 16.3. The normalized spacial score (nSPS) is 14.7. The van der Waals surface area contributed by atoms with Gasteiger partial charge in [0, 0.05) is 36.3 Å². The van der Waals surface area contributed by atoms with Crippen molar-refractivity contribution in [3.63, 3.8) is 0 Å². The SMILES string of the molecule is CCCN1CCc2nc(N)c(C#N)c(-c3ccco3)c2C1. The van der Waals surface area contributed by atoms with Crippen LogP contribution in [0.1, 0.15) is 30.2 Å². The summed E-state index contributed by atoms with van der Waals surface area (Å²) in [5.41, 5.74) is 9.27. The fraction of sp³-hybridized carbons (Fsp3) is 0.375. The third-order valence-corrected chi connectivity index (χ3v) is 3.88. The molecule has 0 unspecified atom stereocenters. The van der Waals surface area contributed by atoms with Crippen molar-refractivity contribution in [1.29, 1.82) is 5.26 Å². The summed E-state index contributed by atoms with van der Waals surface area (Å²) in [5, 5.41) is 9.44. The monoisotopic (exact) mass is 282 g/mol. The Morgan fingerprint density at radius 2 is 2.38 bits per heavy atom. The van der Waals surface area contributed by atoms with Crippen molar-refractivity contribution in [2.24, 2.45) is 0 Å². The predicted octanol–water partition coefficient (Wildman–Crippen LogP) is 2.56. The zero-order valence-corrected chi connectivity index (χ0v) is 12.1. The maximum Gasteiger partial charge on any atom is 0.142 e. The molecule has 3 heterocycles. The van der Waals surface area contributed by atoms with Crippen LogP contribution in [0.25, 0.3) is 11.3 Å². The van der Waals surface area contributed by atoms with Gasteiger partial charge in [0.2, 0.25) is 0 Å². The molecule has 0 atom stereocenters. The molecule has 2 N–H and O–H groups in total. The summed E-state index contributed by atoms with van der Waals surface area (Å²) < 4.78 is 5.53. The number of hydrogen-bond donors (Lipinski definition) is 1. The minimum atomic E-state index is 0.298. The van der Waals surface area contributed by atoms with Gasteiger partial charge >= 0.3 is 0 Å². The molecule has 0 saturated heterocycles. The summed E-state index contributed by atoms with van der Waals surface area (Å²) in [4.78, 5) is 6.82. The van der Waals surface area contributed by atoms with E-state index in [1.807, 2.05) is 12.1 Å². The van der Waals surface area contributed by atoms with Crippen molar-refractivity contribution in [3.05, 3.63) is 35.2 Å². The van der Waals surface area contributed by atoms with E-state index < -0.39 is 0 Å². The van der Waals surface area contributed by atoms with E-state index in [9.17, 15) is 5.26 Å². The van der Waals surface area contributed by atoms with Gasteiger partial charge in [0.05, 0.1) is 6.26 Å². The molecule has 2 aromatic heterocycles. The quantitative estimate of drug-likeness (QED) is 0.936. The van der Waals surface area contributed by atoms with Gasteiger partial charge in [-0.3, -0.25) is 4.90 Å². The van der Waals surface area contributed by atoms with Crippen molar-refractivity contribution < 1.29 is 4.42 Å². The Kier molecular flexibility index (Phi) is 3.63. The lowest BCUT2D eigenvalue weighted by atomic mass is 9.94. The van der Waals surface area contributed by atoms with Gasteiger partial charge in [0.25, 0.3) is 0 Å². The Labute approximate surface area is 124 Å². The minimum absolute atomic E-state index is 0.298. The third-order valence-electron chi connectivity index (χ3n) is 3.88. The fourth-order valence-corrected chi connectivity index (χ4v) is 2.95. The van der Waals surface area contributed by atoms with Gasteiger partial charge in [-0.15, -0.1) is 0 Å². The zero-order chi connectivity index (χ0) is 14.8. The van der Waals surface area contributed by atoms with Crippen LogP contribution in [0, 0.1) is 11.3 Å². The Morgan fingerprint density at radius 3 is 3.05 bits per heavy atom. The molecule has 0 bridgehead atoms. The number of nitriles is 1. The molecule has 1 aliphatic heterocycles. The Morgan fingerprint density at radius 1 is 1.52 bits per heavy atom. The molecule has 0 fully saturated rings. The number of nitrogen functional groups attached to an aromatic ring is 1. The second-order valence-corrected chi connectivity index (χ2v) is 5.29. The van der Waals surface area contributed by atoms with Gasteiger partial charge in [-0.25, -0.2) is 4.98 Å². The number of pyridine rings is 1. The van der Waals surface area contributed by atoms with Crippen molar-refractivity contribution in [2.45, 2.75) is 26.3 Å². The number of hydrogen-bond acceptors (Lipinski definition) is 5. The molecule has 5 heteroatoms. The van der Waals surface area contributed by atoms with Crippen LogP contribution in [-0.4, -0.2) is 23.0 Å². The number of fused-ring (bicyclic) bond motifs is 1. The van der Waals surface area contributed by atoms with Crippen molar-refractivity contribution in [1.82, 2.24) is 9.88 Å². The number of rotatable bonds is 3. The van der Waals surface area contributed by atoms with Crippen LogP contribution in [0.5, 0.6) is 0 Å². The van der Waals surface area contributed by atoms with Gasteiger partial charge in [-0.2, -0.15) is 5.26 Å². The van der Waals surface area contributed by atoms with E-state index in [0.29, 0.717) is 17.1 Å². The summed E-state index contributed by atoms with van der Waals surface area (Å²) in [5.74, 6) is 0.988. The Hall–Kier alpha value is -2.32. The van der Waals surface area contributed by atoms with Crippen molar-refractivity contribution in [3.8, 4) is 17.4 Å². The Balaban J connectivity index is 2.17. The highest BCUT2D eigenvalue weighted by molar-refractivity contribution is 5.76. The first kappa shape index (κ1) is 13.7. The summed E-state index contributed by atoms with van der Waals surface area (Å²) in [6.07, 6.45) is 3.59. The van der Waals surface area contributed by atoms with Gasteiger partial charge in [-0.1, -0.05) is 6.92 Å². The first-order chi connectivity index (χ1) is 10.2. The van der Waals surface area contributed by atoms with Gasteiger partial charge < -0.3 is 10.2 Å². The van der Waals surface area contributed by atoms with E-state index in [4.69, 9.17) is 10.2 Å². The van der Waals surface area contributed by atoms with E-state index >= 15 is 0 Å². The summed E-state index contributed by atoms with van der Waals surface area (Å²) >= 11 is 0. The highest BCUT2D eigenvalue weighted by Gasteiger charge is 2.26. The van der Waals surface area contributed by atoms with E-state index in [0.717, 1.165) is 49.3 Å². The van der Waals surface area contributed by atoms with E-state index in [-0.39, 0.29) is 0 Å². The van der Waals surface area contributed by atoms with Crippen LogP contribution >= 0.6 is 0 Å². The van der Waals surface area contributed by atoms with E-state index in [1.165, 1.54) is 0 Å². The van der Waals surface area contributed by atoms with Crippen LogP contribution < -0.4 is 5.73 Å². The molecule has 5 nitrogen and oxygen atoms in total. The lowest BCUT2D eigenvalue weighted by Gasteiger charge is -2.29. The number of nitrogens with zero attached hydrogens (tertiary/aromatic N) is 3. The van der Waals surface area contributed by atoms with Crippen LogP contribution in [-0.2, 0) is 13.0 Å². The molecule has 0 aromatic carbocycles. The molecule has 108 valence electrons. The first-order valence-electron chi connectivity index (χ1n) is 7.22. The standard InChI is InChI=1S/C16H18N4O/c1-2-6-20-7-5-13-12(10-20)15(14-4-3-8-21-14)11(9-17)16(18)19-13/h3-4,8H,2,5-7,10H2,1H3,(H2,18,19). The van der Waals surface area contributed by atoms with Crippen LogP contribution in [0.3, 0.4) is 0 Å². The predicted molar refractivity (Wildman–Crippen MR) is 80.3 cm³/mol. The summed E-state index contributed by atoms with van der Waals surface area (Å²) in [7, 11) is 0. The molecular formula is C16H18N4O. The second kappa shape index (κ2) is 5.58. The Bertz CT molecular complexity index is 685. The molecule has 1 aliphatic rings. The zero-order valence-electron chi connectivity index (χ0n) is 12.1. The number of aromatic nitrogens is 1. The van der Waals surface area contributed by atoms with Crippen LogP contribution in [0.2, 0.25) is 0 Å². The smallest absolute Gasteiger partial charge is 0.142 e. The van der Waals surface area contributed by atoms with Crippen LogP contribution in [0.15, 0.2) is 22.8 Å².